The van der Waals surface area contributed by atoms with Gasteiger partial charge in [-0.2, -0.15) is 5.10 Å². The summed E-state index contributed by atoms with van der Waals surface area (Å²) in [7, 11) is 1.60. The molecular formula is C21H20IN3O3. The van der Waals surface area contributed by atoms with Crippen molar-refractivity contribution in [3.63, 3.8) is 0 Å². The Morgan fingerprint density at radius 3 is 2.43 bits per heavy atom. The van der Waals surface area contributed by atoms with E-state index in [-0.39, 0.29) is 11.5 Å². The van der Waals surface area contributed by atoms with Crippen LogP contribution in [0.3, 0.4) is 0 Å². The predicted molar refractivity (Wildman–Crippen MR) is 116 cm³/mol. The molecule has 1 N–H and O–H groups in total. The Hall–Kier alpha value is -2.68. The molecule has 7 heteroatoms. The zero-order valence-corrected chi connectivity index (χ0v) is 17.7. The summed E-state index contributed by atoms with van der Waals surface area (Å²) < 4.78 is 7.50. The Morgan fingerprint density at radius 2 is 1.79 bits per heavy atom. The first-order chi connectivity index (χ1) is 13.5. The molecule has 144 valence electrons. The summed E-state index contributed by atoms with van der Waals surface area (Å²) in [4.78, 5) is 24.8. The number of carbonyl (C=O) groups is 1. The standard InChI is InChI=1S/C21H20IN3O3/c1-14(21(27)23-13-15-3-7-17(22)8-4-15)25-20(26)12-11-19(24-25)16-5-9-18(28-2)10-6-16/h3-12,14H,13H2,1-2H3,(H,23,27). The third-order valence-corrected chi connectivity index (χ3v) is 5.06. The van der Waals surface area contributed by atoms with Gasteiger partial charge in [0.2, 0.25) is 5.91 Å². The Labute approximate surface area is 176 Å². The lowest BCUT2D eigenvalue weighted by Crippen LogP contribution is -2.36. The SMILES string of the molecule is COc1ccc(-c2ccc(=O)n(C(C)C(=O)NCc3ccc(I)cc3)n2)cc1. The van der Waals surface area contributed by atoms with Crippen LogP contribution in [0.1, 0.15) is 18.5 Å². The van der Waals surface area contributed by atoms with Crippen molar-refractivity contribution in [1.82, 2.24) is 15.1 Å². The first kappa shape index (κ1) is 20.1. The Bertz CT molecular complexity index is 1010. The summed E-state index contributed by atoms with van der Waals surface area (Å²) >= 11 is 2.23. The third-order valence-electron chi connectivity index (χ3n) is 4.34. The second kappa shape index (κ2) is 9.01. The van der Waals surface area contributed by atoms with Gasteiger partial charge in [-0.3, -0.25) is 9.59 Å². The lowest BCUT2D eigenvalue weighted by molar-refractivity contribution is -0.124. The van der Waals surface area contributed by atoms with Crippen molar-refractivity contribution in [3.05, 3.63) is 80.2 Å². The molecule has 1 heterocycles. The number of nitrogens with zero attached hydrogens (tertiary/aromatic N) is 2. The highest BCUT2D eigenvalue weighted by atomic mass is 127. The van der Waals surface area contributed by atoms with E-state index in [4.69, 9.17) is 4.74 Å². The van der Waals surface area contributed by atoms with Gasteiger partial charge in [-0.05, 0) is 77.5 Å². The fourth-order valence-corrected chi connectivity index (χ4v) is 3.03. The fraction of sp³-hybridized carbons (Fsp3) is 0.190. The van der Waals surface area contributed by atoms with Crippen molar-refractivity contribution in [2.45, 2.75) is 19.5 Å². The van der Waals surface area contributed by atoms with E-state index in [0.29, 0.717) is 12.2 Å². The summed E-state index contributed by atoms with van der Waals surface area (Å²) in [5.74, 6) is 0.473. The van der Waals surface area contributed by atoms with Gasteiger partial charge in [0.25, 0.3) is 5.56 Å². The smallest absolute Gasteiger partial charge is 0.267 e. The van der Waals surface area contributed by atoms with Crippen LogP contribution in [0.2, 0.25) is 0 Å². The molecule has 1 aromatic heterocycles. The van der Waals surface area contributed by atoms with Gasteiger partial charge in [0.1, 0.15) is 11.8 Å². The monoisotopic (exact) mass is 489 g/mol. The number of benzene rings is 2. The molecule has 0 bridgehead atoms. The highest BCUT2D eigenvalue weighted by Crippen LogP contribution is 2.20. The summed E-state index contributed by atoms with van der Waals surface area (Å²) in [6, 6.07) is 17.6. The van der Waals surface area contributed by atoms with E-state index >= 15 is 0 Å². The number of carbonyl (C=O) groups excluding carboxylic acids is 1. The normalized spacial score (nSPS) is 11.7. The number of ether oxygens (including phenoxy) is 1. The van der Waals surface area contributed by atoms with E-state index in [9.17, 15) is 9.59 Å². The molecule has 0 saturated carbocycles. The number of aromatic nitrogens is 2. The molecule has 1 unspecified atom stereocenters. The first-order valence-corrected chi connectivity index (χ1v) is 9.82. The zero-order valence-electron chi connectivity index (χ0n) is 15.6. The number of rotatable bonds is 6. The molecule has 3 aromatic rings. The second-order valence-electron chi connectivity index (χ2n) is 6.25. The number of hydrogen-bond donors (Lipinski definition) is 1. The summed E-state index contributed by atoms with van der Waals surface area (Å²) in [5, 5.41) is 7.25. The number of amides is 1. The Balaban J connectivity index is 1.76. The van der Waals surface area contributed by atoms with Crippen molar-refractivity contribution < 1.29 is 9.53 Å². The minimum Gasteiger partial charge on any atom is -0.497 e. The maximum atomic E-state index is 12.5. The molecule has 0 aliphatic carbocycles. The van der Waals surface area contributed by atoms with Gasteiger partial charge in [-0.15, -0.1) is 0 Å². The third kappa shape index (κ3) is 4.78. The highest BCUT2D eigenvalue weighted by molar-refractivity contribution is 14.1. The van der Waals surface area contributed by atoms with E-state index in [1.165, 1.54) is 10.7 Å². The van der Waals surface area contributed by atoms with Gasteiger partial charge in [-0.1, -0.05) is 12.1 Å². The van der Waals surface area contributed by atoms with Gasteiger partial charge in [0.05, 0.1) is 12.8 Å². The van der Waals surface area contributed by atoms with Crippen molar-refractivity contribution >= 4 is 28.5 Å². The highest BCUT2D eigenvalue weighted by Gasteiger charge is 2.18. The van der Waals surface area contributed by atoms with Crippen molar-refractivity contribution in [2.24, 2.45) is 0 Å². The minimum atomic E-state index is -0.727. The van der Waals surface area contributed by atoms with Crippen molar-refractivity contribution in [2.75, 3.05) is 7.11 Å². The van der Waals surface area contributed by atoms with E-state index in [2.05, 4.69) is 33.0 Å². The molecule has 0 saturated heterocycles. The first-order valence-electron chi connectivity index (χ1n) is 8.74. The minimum absolute atomic E-state index is 0.264. The molecule has 1 amide bonds. The number of halogens is 1. The fourth-order valence-electron chi connectivity index (χ4n) is 2.67. The largest absolute Gasteiger partial charge is 0.497 e. The molecule has 28 heavy (non-hydrogen) atoms. The van der Waals surface area contributed by atoms with E-state index in [0.717, 1.165) is 20.4 Å². The molecule has 0 aliphatic heterocycles. The molecule has 0 aliphatic rings. The van der Waals surface area contributed by atoms with E-state index in [1.54, 1.807) is 20.1 Å². The van der Waals surface area contributed by atoms with Gasteiger partial charge in [-0.25, -0.2) is 4.68 Å². The van der Waals surface area contributed by atoms with Crippen LogP contribution in [0.25, 0.3) is 11.3 Å². The topological polar surface area (TPSA) is 73.2 Å². The van der Waals surface area contributed by atoms with Crippen molar-refractivity contribution in [3.8, 4) is 17.0 Å². The summed E-state index contributed by atoms with van der Waals surface area (Å²) in [6.07, 6.45) is 0. The van der Waals surface area contributed by atoms with Crippen LogP contribution < -0.4 is 15.6 Å². The molecular weight excluding hydrogens is 469 g/mol. The van der Waals surface area contributed by atoms with Crippen LogP contribution in [0.4, 0.5) is 0 Å². The molecule has 2 aromatic carbocycles. The molecule has 1 atom stereocenters. The van der Waals surface area contributed by atoms with Crippen molar-refractivity contribution in [1.29, 1.82) is 0 Å². The Kier molecular flexibility index (Phi) is 6.45. The van der Waals surface area contributed by atoms with Crippen LogP contribution >= 0.6 is 22.6 Å². The van der Waals surface area contributed by atoms with Crippen LogP contribution in [0, 0.1) is 3.57 Å². The average Bonchev–Trinajstić information content (AvgIpc) is 2.73. The maximum absolute atomic E-state index is 12.5. The average molecular weight is 489 g/mol. The number of methoxy groups -OCH3 is 1. The van der Waals surface area contributed by atoms with E-state index < -0.39 is 6.04 Å². The van der Waals surface area contributed by atoms with Crippen LogP contribution in [0.5, 0.6) is 5.75 Å². The number of hydrogen-bond acceptors (Lipinski definition) is 4. The lowest BCUT2D eigenvalue weighted by Gasteiger charge is -2.15. The molecule has 0 fully saturated rings. The Morgan fingerprint density at radius 1 is 1.11 bits per heavy atom. The molecule has 0 radical (unpaired) electrons. The van der Waals surface area contributed by atoms with Gasteiger partial charge < -0.3 is 10.1 Å². The molecule has 0 spiro atoms. The van der Waals surface area contributed by atoms with Crippen LogP contribution in [0.15, 0.2) is 65.5 Å². The lowest BCUT2D eigenvalue weighted by atomic mass is 10.1. The molecule has 3 rings (SSSR count). The predicted octanol–water partition coefficient (Wildman–Crippen LogP) is 3.40. The van der Waals surface area contributed by atoms with Gasteiger partial charge >= 0.3 is 0 Å². The van der Waals surface area contributed by atoms with E-state index in [1.807, 2.05) is 48.5 Å². The molecule has 6 nitrogen and oxygen atoms in total. The maximum Gasteiger partial charge on any atom is 0.267 e. The quantitative estimate of drug-likeness (QED) is 0.539. The van der Waals surface area contributed by atoms with Crippen LogP contribution in [-0.2, 0) is 11.3 Å². The summed E-state index contributed by atoms with van der Waals surface area (Å²) in [5.41, 5.74) is 2.11. The van der Waals surface area contributed by atoms with Gasteiger partial charge in [0.15, 0.2) is 0 Å². The zero-order chi connectivity index (χ0) is 20.1. The summed E-state index contributed by atoms with van der Waals surface area (Å²) in [6.45, 7) is 2.06. The second-order valence-corrected chi connectivity index (χ2v) is 7.50. The van der Waals surface area contributed by atoms with Gasteiger partial charge in [0, 0.05) is 21.7 Å². The number of nitrogens with one attached hydrogen (secondary N) is 1. The van der Waals surface area contributed by atoms with Crippen LogP contribution in [-0.4, -0.2) is 22.8 Å².